The Bertz CT molecular complexity index is 417. The van der Waals surface area contributed by atoms with Crippen LogP contribution in [0, 0.1) is 5.82 Å². The number of halogens is 2. The summed E-state index contributed by atoms with van der Waals surface area (Å²) >= 11 is 3.23. The fourth-order valence-electron chi connectivity index (χ4n) is 2.13. The maximum atomic E-state index is 13.3. The molecule has 2 nitrogen and oxygen atoms in total. The SMILES string of the molecule is Fc1ccc2c(c1Br)OC1(CCC1)CN2. The van der Waals surface area contributed by atoms with Crippen LogP contribution in [-0.4, -0.2) is 12.1 Å². The lowest BCUT2D eigenvalue weighted by atomic mass is 9.79. The van der Waals surface area contributed by atoms with Gasteiger partial charge in [-0.15, -0.1) is 0 Å². The predicted molar refractivity (Wildman–Crippen MR) is 59.8 cm³/mol. The van der Waals surface area contributed by atoms with E-state index in [9.17, 15) is 4.39 Å². The minimum Gasteiger partial charge on any atom is -0.482 e. The first-order chi connectivity index (χ1) is 7.20. The van der Waals surface area contributed by atoms with Crippen LogP contribution in [0.25, 0.3) is 0 Å². The Hall–Kier alpha value is -0.770. The molecule has 0 bridgehead atoms. The van der Waals surface area contributed by atoms with Gasteiger partial charge in [-0.25, -0.2) is 4.39 Å². The van der Waals surface area contributed by atoms with Crippen LogP contribution in [0.15, 0.2) is 16.6 Å². The van der Waals surface area contributed by atoms with E-state index in [-0.39, 0.29) is 11.4 Å². The van der Waals surface area contributed by atoms with Gasteiger partial charge in [0.2, 0.25) is 0 Å². The number of hydrogen-bond donors (Lipinski definition) is 1. The second kappa shape index (κ2) is 3.11. The number of fused-ring (bicyclic) bond motifs is 1. The second-order valence-electron chi connectivity index (χ2n) is 4.23. The minimum atomic E-state index is -0.271. The van der Waals surface area contributed by atoms with Gasteiger partial charge in [-0.05, 0) is 47.3 Å². The van der Waals surface area contributed by atoms with Crippen LogP contribution in [0.2, 0.25) is 0 Å². The summed E-state index contributed by atoms with van der Waals surface area (Å²) in [6.45, 7) is 0.831. The summed E-state index contributed by atoms with van der Waals surface area (Å²) in [7, 11) is 0. The summed E-state index contributed by atoms with van der Waals surface area (Å²) in [5.74, 6) is 0.355. The molecule has 1 aromatic carbocycles. The summed E-state index contributed by atoms with van der Waals surface area (Å²) in [6, 6.07) is 3.17. The van der Waals surface area contributed by atoms with E-state index in [1.54, 1.807) is 6.07 Å². The van der Waals surface area contributed by atoms with Crippen molar-refractivity contribution in [3.63, 3.8) is 0 Å². The highest BCUT2D eigenvalue weighted by Crippen LogP contribution is 2.46. The molecule has 0 amide bonds. The first-order valence-electron chi connectivity index (χ1n) is 5.11. The van der Waals surface area contributed by atoms with E-state index >= 15 is 0 Å². The van der Waals surface area contributed by atoms with Crippen molar-refractivity contribution < 1.29 is 9.13 Å². The highest BCUT2D eigenvalue weighted by molar-refractivity contribution is 9.10. The fraction of sp³-hybridized carbons (Fsp3) is 0.455. The van der Waals surface area contributed by atoms with Crippen LogP contribution in [0.4, 0.5) is 10.1 Å². The van der Waals surface area contributed by atoms with Crippen molar-refractivity contribution in [2.75, 3.05) is 11.9 Å². The molecule has 0 aromatic heterocycles. The predicted octanol–water partition coefficient (Wildman–Crippen LogP) is 3.32. The van der Waals surface area contributed by atoms with Gasteiger partial charge in [0.15, 0.2) is 5.75 Å². The summed E-state index contributed by atoms with van der Waals surface area (Å²) in [5, 5.41) is 3.30. The van der Waals surface area contributed by atoms with E-state index in [1.807, 2.05) is 0 Å². The maximum Gasteiger partial charge on any atom is 0.160 e. The van der Waals surface area contributed by atoms with Crippen molar-refractivity contribution in [1.82, 2.24) is 0 Å². The van der Waals surface area contributed by atoms with Crippen LogP contribution in [0.1, 0.15) is 19.3 Å². The van der Waals surface area contributed by atoms with Gasteiger partial charge in [0.1, 0.15) is 11.4 Å². The number of benzene rings is 1. The molecule has 0 unspecified atom stereocenters. The normalized spacial score (nSPS) is 21.2. The number of anilines is 1. The van der Waals surface area contributed by atoms with E-state index in [0.717, 1.165) is 25.1 Å². The Labute approximate surface area is 95.9 Å². The third kappa shape index (κ3) is 1.34. The Morgan fingerprint density at radius 2 is 2.20 bits per heavy atom. The summed E-state index contributed by atoms with van der Waals surface area (Å²) in [4.78, 5) is 0. The number of nitrogens with one attached hydrogen (secondary N) is 1. The Morgan fingerprint density at radius 1 is 1.40 bits per heavy atom. The smallest absolute Gasteiger partial charge is 0.160 e. The maximum absolute atomic E-state index is 13.3. The molecule has 4 heteroatoms. The molecule has 0 radical (unpaired) electrons. The van der Waals surface area contributed by atoms with E-state index in [2.05, 4.69) is 21.2 Å². The van der Waals surface area contributed by atoms with Crippen LogP contribution in [-0.2, 0) is 0 Å². The molecule has 1 N–H and O–H groups in total. The van der Waals surface area contributed by atoms with E-state index in [0.29, 0.717) is 10.2 Å². The number of rotatable bonds is 0. The zero-order valence-electron chi connectivity index (χ0n) is 8.15. The Kier molecular flexibility index (Phi) is 1.96. The zero-order chi connectivity index (χ0) is 10.5. The van der Waals surface area contributed by atoms with Crippen LogP contribution >= 0.6 is 15.9 Å². The van der Waals surface area contributed by atoms with Gasteiger partial charge < -0.3 is 10.1 Å². The highest BCUT2D eigenvalue weighted by atomic mass is 79.9. The standard InChI is InChI=1S/C11H11BrFNO/c12-9-7(13)2-3-8-10(9)15-11(6-14-8)4-1-5-11/h2-3,14H,1,4-6H2. The van der Waals surface area contributed by atoms with Crippen molar-refractivity contribution in [3.05, 3.63) is 22.4 Å². The van der Waals surface area contributed by atoms with Gasteiger partial charge in [0.05, 0.1) is 16.7 Å². The summed E-state index contributed by atoms with van der Waals surface area (Å²) < 4.78 is 19.7. The van der Waals surface area contributed by atoms with Crippen molar-refractivity contribution in [2.24, 2.45) is 0 Å². The molecule has 1 aromatic rings. The molecule has 1 aliphatic carbocycles. The molecular formula is C11H11BrFNO. The molecular weight excluding hydrogens is 261 g/mol. The van der Waals surface area contributed by atoms with Crippen LogP contribution in [0.5, 0.6) is 5.75 Å². The van der Waals surface area contributed by atoms with Crippen molar-refractivity contribution in [3.8, 4) is 5.75 Å². The third-order valence-electron chi connectivity index (χ3n) is 3.23. The van der Waals surface area contributed by atoms with Gasteiger partial charge in [-0.1, -0.05) is 0 Å². The average Bonchev–Trinajstić information content (AvgIpc) is 2.21. The van der Waals surface area contributed by atoms with Crippen molar-refractivity contribution >= 4 is 21.6 Å². The molecule has 1 aliphatic heterocycles. The molecule has 15 heavy (non-hydrogen) atoms. The molecule has 1 fully saturated rings. The Balaban J connectivity index is 2.03. The van der Waals surface area contributed by atoms with Gasteiger partial charge >= 0.3 is 0 Å². The molecule has 3 rings (SSSR count). The molecule has 1 spiro atoms. The third-order valence-corrected chi connectivity index (χ3v) is 3.97. The second-order valence-corrected chi connectivity index (χ2v) is 5.02. The lowest BCUT2D eigenvalue weighted by molar-refractivity contribution is -0.000783. The molecule has 1 heterocycles. The fourth-order valence-corrected chi connectivity index (χ4v) is 2.56. The van der Waals surface area contributed by atoms with Crippen molar-refractivity contribution in [2.45, 2.75) is 24.9 Å². The summed E-state index contributed by atoms with van der Waals surface area (Å²) in [5.41, 5.74) is 0.796. The molecule has 80 valence electrons. The molecule has 0 saturated heterocycles. The molecule has 0 atom stereocenters. The minimum absolute atomic E-state index is 0.0800. The van der Waals surface area contributed by atoms with Gasteiger partial charge in [0, 0.05) is 0 Å². The van der Waals surface area contributed by atoms with Gasteiger partial charge in [-0.3, -0.25) is 0 Å². The van der Waals surface area contributed by atoms with Gasteiger partial charge in [0.25, 0.3) is 0 Å². The highest BCUT2D eigenvalue weighted by Gasteiger charge is 2.42. The number of ether oxygens (including phenoxy) is 1. The van der Waals surface area contributed by atoms with E-state index in [4.69, 9.17) is 4.74 Å². The Morgan fingerprint density at radius 3 is 2.87 bits per heavy atom. The van der Waals surface area contributed by atoms with Crippen LogP contribution in [0.3, 0.4) is 0 Å². The average molecular weight is 272 g/mol. The first-order valence-corrected chi connectivity index (χ1v) is 5.90. The van der Waals surface area contributed by atoms with E-state index < -0.39 is 0 Å². The van der Waals surface area contributed by atoms with Crippen LogP contribution < -0.4 is 10.1 Å². The monoisotopic (exact) mass is 271 g/mol. The first kappa shape index (κ1) is 9.46. The molecule has 1 saturated carbocycles. The zero-order valence-corrected chi connectivity index (χ0v) is 9.73. The largest absolute Gasteiger partial charge is 0.482 e. The number of hydrogen-bond acceptors (Lipinski definition) is 2. The lowest BCUT2D eigenvalue weighted by Gasteiger charge is -2.45. The van der Waals surface area contributed by atoms with E-state index in [1.165, 1.54) is 12.5 Å². The summed E-state index contributed by atoms with van der Waals surface area (Å²) in [6.07, 6.45) is 3.31. The van der Waals surface area contributed by atoms with Crippen molar-refractivity contribution in [1.29, 1.82) is 0 Å². The van der Waals surface area contributed by atoms with Gasteiger partial charge in [-0.2, -0.15) is 0 Å². The lowest BCUT2D eigenvalue weighted by Crippen LogP contribution is -2.51. The quantitative estimate of drug-likeness (QED) is 0.782. The molecule has 2 aliphatic rings. The topological polar surface area (TPSA) is 21.3 Å².